The Bertz CT molecular complexity index is 2510. The van der Waals surface area contributed by atoms with Gasteiger partial charge in [0, 0.05) is 0 Å². The third-order valence-electron chi connectivity index (χ3n) is 9.21. The van der Waals surface area contributed by atoms with Gasteiger partial charge in [0.25, 0.3) is 0 Å². The van der Waals surface area contributed by atoms with E-state index in [0.29, 0.717) is 0 Å². The number of fused-ring (bicyclic) bond motifs is 7. The summed E-state index contributed by atoms with van der Waals surface area (Å²) in [5, 5.41) is 15.7. The zero-order valence-corrected chi connectivity index (χ0v) is 23.3. The minimum absolute atomic E-state index is 1.06. The van der Waals surface area contributed by atoms with Gasteiger partial charge in [-0.15, -0.1) is 0 Å². The molecule has 0 saturated heterocycles. The lowest BCUT2D eigenvalue weighted by Crippen LogP contribution is -2.31. The standard InChI is InChI=1S/C42H28/c1-2-11-28-25-32(21-20-27(28)10-1)41-36-14-5-7-16-38(36)42(39-17-8-6-15-37(39)41)35-19-9-18-33-34(35)23-22-31-24-29-12-3-4-13-30(29)26-40(31)33/h1-5,7,9-26H,6,8H2. The number of benzene rings is 8. The second-order valence-electron chi connectivity index (χ2n) is 11.6. The molecule has 1 aliphatic rings. The average molecular weight is 533 g/mol. The van der Waals surface area contributed by atoms with E-state index in [1.54, 1.807) is 0 Å². The highest BCUT2D eigenvalue weighted by molar-refractivity contribution is 6.18. The van der Waals surface area contributed by atoms with Crippen LogP contribution >= 0.6 is 0 Å². The van der Waals surface area contributed by atoms with Crippen molar-refractivity contribution in [1.29, 1.82) is 0 Å². The van der Waals surface area contributed by atoms with Gasteiger partial charge in [0.2, 0.25) is 0 Å². The van der Waals surface area contributed by atoms with Crippen molar-refractivity contribution in [3.05, 3.63) is 144 Å². The highest BCUT2D eigenvalue weighted by Crippen LogP contribution is 2.38. The normalized spacial score (nSPS) is 13.0. The highest BCUT2D eigenvalue weighted by atomic mass is 14.2. The van der Waals surface area contributed by atoms with Crippen LogP contribution in [-0.4, -0.2) is 0 Å². The Hall–Kier alpha value is -5.20. The van der Waals surface area contributed by atoms with Crippen LogP contribution in [0.15, 0.2) is 133 Å². The molecule has 0 amide bonds. The minimum atomic E-state index is 1.06. The van der Waals surface area contributed by atoms with Crippen molar-refractivity contribution in [3.8, 4) is 22.3 Å². The summed E-state index contributed by atoms with van der Waals surface area (Å²) in [5.74, 6) is 0. The molecule has 1 aliphatic carbocycles. The lowest BCUT2D eigenvalue weighted by atomic mass is 9.84. The van der Waals surface area contributed by atoms with Crippen molar-refractivity contribution in [2.45, 2.75) is 12.8 Å². The number of hydrogen-bond acceptors (Lipinski definition) is 0. The molecule has 0 N–H and O–H groups in total. The van der Waals surface area contributed by atoms with Gasteiger partial charge in [-0.1, -0.05) is 127 Å². The van der Waals surface area contributed by atoms with Gasteiger partial charge in [0.15, 0.2) is 0 Å². The van der Waals surface area contributed by atoms with Crippen molar-refractivity contribution >= 4 is 66.0 Å². The van der Waals surface area contributed by atoms with Crippen LogP contribution in [0.1, 0.15) is 12.8 Å². The van der Waals surface area contributed by atoms with Crippen LogP contribution in [0.25, 0.3) is 88.3 Å². The fourth-order valence-corrected chi connectivity index (χ4v) is 7.30. The van der Waals surface area contributed by atoms with Crippen molar-refractivity contribution in [2.75, 3.05) is 0 Å². The first-order valence-corrected chi connectivity index (χ1v) is 14.9. The maximum Gasteiger partial charge on any atom is -0.00235 e. The van der Waals surface area contributed by atoms with Gasteiger partial charge in [0.1, 0.15) is 0 Å². The molecule has 0 heterocycles. The van der Waals surface area contributed by atoms with E-state index in [1.807, 2.05) is 0 Å². The van der Waals surface area contributed by atoms with Gasteiger partial charge in [-0.2, -0.15) is 0 Å². The maximum absolute atomic E-state index is 2.48. The van der Waals surface area contributed by atoms with E-state index in [1.165, 1.54) is 86.6 Å². The van der Waals surface area contributed by atoms with Gasteiger partial charge in [-0.3, -0.25) is 0 Å². The van der Waals surface area contributed by atoms with E-state index in [4.69, 9.17) is 0 Å². The lowest BCUT2D eigenvalue weighted by Gasteiger charge is -2.19. The molecular formula is C42H28. The van der Waals surface area contributed by atoms with Gasteiger partial charge in [0.05, 0.1) is 0 Å². The molecule has 9 rings (SSSR count). The van der Waals surface area contributed by atoms with E-state index >= 15 is 0 Å². The molecule has 42 heavy (non-hydrogen) atoms. The molecule has 0 aromatic heterocycles. The topological polar surface area (TPSA) is 0 Å². The summed E-state index contributed by atoms with van der Waals surface area (Å²) in [7, 11) is 0. The number of rotatable bonds is 2. The quantitative estimate of drug-likeness (QED) is 0.153. The zero-order valence-electron chi connectivity index (χ0n) is 23.3. The number of hydrogen-bond donors (Lipinski definition) is 0. The van der Waals surface area contributed by atoms with Crippen LogP contribution in [0.2, 0.25) is 0 Å². The molecule has 0 bridgehead atoms. The summed E-state index contributed by atoms with van der Waals surface area (Å²) >= 11 is 0. The summed E-state index contributed by atoms with van der Waals surface area (Å²) < 4.78 is 0. The van der Waals surface area contributed by atoms with E-state index in [2.05, 4.69) is 146 Å². The van der Waals surface area contributed by atoms with Crippen molar-refractivity contribution < 1.29 is 0 Å². The minimum Gasteiger partial charge on any atom is -0.0757 e. The summed E-state index contributed by atoms with van der Waals surface area (Å²) in [4.78, 5) is 0. The third-order valence-corrected chi connectivity index (χ3v) is 9.21. The zero-order chi connectivity index (χ0) is 27.6. The van der Waals surface area contributed by atoms with E-state index in [9.17, 15) is 0 Å². The molecule has 8 aromatic carbocycles. The fraction of sp³-hybridized carbons (Fsp3) is 0.0476. The molecule has 8 aromatic rings. The van der Waals surface area contributed by atoms with Crippen LogP contribution in [0, 0.1) is 0 Å². The Morgan fingerprint density at radius 3 is 1.71 bits per heavy atom. The molecule has 0 heteroatoms. The SMILES string of the molecule is C1=c2c(-c3ccc4ccccc4c3)c3ccccc3c(-c3cccc4c3ccc3cc5ccccc5cc34)c2=CCC1. The van der Waals surface area contributed by atoms with Gasteiger partial charge in [-0.25, -0.2) is 0 Å². The molecule has 196 valence electrons. The molecular weight excluding hydrogens is 504 g/mol. The summed E-state index contributed by atoms with van der Waals surface area (Å²) in [6.07, 6.45) is 7.09. The Labute approximate surface area is 244 Å². The van der Waals surface area contributed by atoms with Crippen LogP contribution in [0.3, 0.4) is 0 Å². The second kappa shape index (κ2) is 9.16. The van der Waals surface area contributed by atoms with Gasteiger partial charge < -0.3 is 0 Å². The molecule has 0 unspecified atom stereocenters. The van der Waals surface area contributed by atoms with Crippen LogP contribution in [0.4, 0.5) is 0 Å². The first-order valence-electron chi connectivity index (χ1n) is 14.9. The second-order valence-corrected chi connectivity index (χ2v) is 11.6. The largest absolute Gasteiger partial charge is 0.0757 e. The maximum atomic E-state index is 2.48. The highest BCUT2D eigenvalue weighted by Gasteiger charge is 2.18. The molecule has 0 saturated carbocycles. The Morgan fingerprint density at radius 2 is 0.929 bits per heavy atom. The van der Waals surface area contributed by atoms with Crippen molar-refractivity contribution in [2.24, 2.45) is 0 Å². The average Bonchev–Trinajstić information content (AvgIpc) is 3.05. The molecule has 0 radical (unpaired) electrons. The summed E-state index contributed by atoms with van der Waals surface area (Å²) in [6.45, 7) is 0. The molecule has 0 fully saturated rings. The lowest BCUT2D eigenvalue weighted by molar-refractivity contribution is 1.12. The molecule has 0 atom stereocenters. The Kier molecular flexibility index (Phi) is 5.12. The van der Waals surface area contributed by atoms with E-state index < -0.39 is 0 Å². The molecule has 0 aliphatic heterocycles. The predicted octanol–water partition coefficient (Wildman–Crippen LogP) is 10.1. The van der Waals surface area contributed by atoms with Gasteiger partial charge >= 0.3 is 0 Å². The summed E-state index contributed by atoms with van der Waals surface area (Å²) in [6, 6.07) is 49.5. The predicted molar refractivity (Wildman–Crippen MR) is 182 cm³/mol. The smallest absolute Gasteiger partial charge is 0.00235 e. The Balaban J connectivity index is 1.39. The van der Waals surface area contributed by atoms with Crippen LogP contribution < -0.4 is 10.4 Å². The Morgan fingerprint density at radius 1 is 0.333 bits per heavy atom. The molecule has 0 spiro atoms. The van der Waals surface area contributed by atoms with E-state index in [-0.39, 0.29) is 0 Å². The van der Waals surface area contributed by atoms with Crippen LogP contribution in [-0.2, 0) is 0 Å². The third kappa shape index (κ3) is 3.49. The van der Waals surface area contributed by atoms with Gasteiger partial charge in [-0.05, 0) is 118 Å². The molecule has 0 nitrogen and oxygen atoms in total. The van der Waals surface area contributed by atoms with E-state index in [0.717, 1.165) is 12.8 Å². The van der Waals surface area contributed by atoms with Crippen LogP contribution in [0.5, 0.6) is 0 Å². The summed E-state index contributed by atoms with van der Waals surface area (Å²) in [5.41, 5.74) is 5.30. The fourth-order valence-electron chi connectivity index (χ4n) is 7.30. The monoisotopic (exact) mass is 532 g/mol. The first kappa shape index (κ1) is 23.5. The van der Waals surface area contributed by atoms with Crippen molar-refractivity contribution in [3.63, 3.8) is 0 Å². The first-order chi connectivity index (χ1) is 20.8. The van der Waals surface area contributed by atoms with Crippen molar-refractivity contribution in [1.82, 2.24) is 0 Å².